The highest BCUT2D eigenvalue weighted by molar-refractivity contribution is 5.80. The summed E-state index contributed by atoms with van der Waals surface area (Å²) < 4.78 is 6.03. The van der Waals surface area contributed by atoms with Crippen molar-refractivity contribution in [3.63, 3.8) is 0 Å². The lowest BCUT2D eigenvalue weighted by Gasteiger charge is -2.33. The van der Waals surface area contributed by atoms with Crippen LogP contribution in [0.2, 0.25) is 0 Å². The van der Waals surface area contributed by atoms with Gasteiger partial charge in [-0.3, -0.25) is 4.79 Å². The molecule has 0 radical (unpaired) electrons. The minimum absolute atomic E-state index is 0.0310. The number of hydrogen-bond donors (Lipinski definition) is 2. The van der Waals surface area contributed by atoms with Gasteiger partial charge in [0.25, 0.3) is 0 Å². The number of amides is 1. The summed E-state index contributed by atoms with van der Waals surface area (Å²) in [5, 5.41) is 3.21. The highest BCUT2D eigenvalue weighted by atomic mass is 16.5. The number of benzene rings is 1. The molecule has 4 rings (SSSR count). The van der Waals surface area contributed by atoms with Crippen molar-refractivity contribution in [3.8, 4) is 0 Å². The van der Waals surface area contributed by atoms with E-state index in [0.29, 0.717) is 24.3 Å². The van der Waals surface area contributed by atoms with Crippen molar-refractivity contribution in [3.05, 3.63) is 35.9 Å². The van der Waals surface area contributed by atoms with E-state index in [2.05, 4.69) is 29.6 Å². The predicted octanol–water partition coefficient (Wildman–Crippen LogP) is 2.64. The molecule has 2 saturated carbocycles. The Bertz CT molecular complexity index is 574. The molecule has 24 heavy (non-hydrogen) atoms. The SMILES string of the molecule is NC1C2CCC(C2)C1C(=O)NCC1CCCOC1c1ccccc1. The number of nitrogens with two attached hydrogens (primary N) is 1. The van der Waals surface area contributed by atoms with Crippen molar-refractivity contribution in [1.82, 2.24) is 5.32 Å². The first-order chi connectivity index (χ1) is 11.7. The summed E-state index contributed by atoms with van der Waals surface area (Å²) in [7, 11) is 0. The van der Waals surface area contributed by atoms with E-state index in [-0.39, 0.29) is 24.0 Å². The second-order valence-electron chi connectivity index (χ2n) is 7.79. The largest absolute Gasteiger partial charge is 0.373 e. The summed E-state index contributed by atoms with van der Waals surface area (Å²) in [5.74, 6) is 1.63. The van der Waals surface area contributed by atoms with Gasteiger partial charge in [-0.15, -0.1) is 0 Å². The standard InChI is InChI=1S/C20H28N2O2/c21-18-15-9-8-14(11-15)17(18)20(23)22-12-16-7-4-10-24-19(16)13-5-2-1-3-6-13/h1-3,5-6,14-19H,4,7-12,21H2,(H,22,23). The van der Waals surface area contributed by atoms with E-state index >= 15 is 0 Å². The van der Waals surface area contributed by atoms with Gasteiger partial charge in [0.15, 0.2) is 0 Å². The Morgan fingerprint density at radius 3 is 2.71 bits per heavy atom. The van der Waals surface area contributed by atoms with Crippen molar-refractivity contribution in [2.45, 2.75) is 44.2 Å². The van der Waals surface area contributed by atoms with Crippen molar-refractivity contribution in [2.75, 3.05) is 13.2 Å². The van der Waals surface area contributed by atoms with Gasteiger partial charge in [0.2, 0.25) is 5.91 Å². The molecule has 1 heterocycles. The third-order valence-corrected chi connectivity index (χ3v) is 6.39. The maximum atomic E-state index is 12.7. The minimum atomic E-state index is 0.0310. The number of rotatable bonds is 4. The van der Waals surface area contributed by atoms with E-state index in [1.165, 1.54) is 18.4 Å². The Morgan fingerprint density at radius 2 is 1.96 bits per heavy atom. The lowest BCUT2D eigenvalue weighted by molar-refractivity contribution is -0.127. The number of carbonyl (C=O) groups excluding carboxylic acids is 1. The van der Waals surface area contributed by atoms with Gasteiger partial charge in [0.1, 0.15) is 0 Å². The van der Waals surface area contributed by atoms with Crippen LogP contribution < -0.4 is 11.1 Å². The number of nitrogens with one attached hydrogen (secondary N) is 1. The first kappa shape index (κ1) is 16.1. The van der Waals surface area contributed by atoms with Gasteiger partial charge < -0.3 is 15.8 Å². The molecular formula is C20H28N2O2. The second-order valence-corrected chi connectivity index (χ2v) is 7.79. The molecule has 3 aliphatic rings. The molecular weight excluding hydrogens is 300 g/mol. The van der Waals surface area contributed by atoms with Crippen LogP contribution in [0.25, 0.3) is 0 Å². The zero-order valence-electron chi connectivity index (χ0n) is 14.2. The average molecular weight is 328 g/mol. The Labute approximate surface area is 144 Å². The van der Waals surface area contributed by atoms with Crippen molar-refractivity contribution >= 4 is 5.91 Å². The Hall–Kier alpha value is -1.39. The maximum absolute atomic E-state index is 12.7. The summed E-state index contributed by atoms with van der Waals surface area (Å²) in [4.78, 5) is 12.7. The van der Waals surface area contributed by atoms with Crippen molar-refractivity contribution in [2.24, 2.45) is 29.4 Å². The lowest BCUT2D eigenvalue weighted by atomic mass is 9.84. The van der Waals surface area contributed by atoms with Gasteiger partial charge in [-0.1, -0.05) is 30.3 Å². The molecule has 1 amide bonds. The zero-order valence-corrected chi connectivity index (χ0v) is 14.2. The summed E-state index contributed by atoms with van der Waals surface area (Å²) in [5.41, 5.74) is 7.52. The van der Waals surface area contributed by atoms with E-state index in [4.69, 9.17) is 10.5 Å². The first-order valence-corrected chi connectivity index (χ1v) is 9.44. The van der Waals surface area contributed by atoms with Crippen LogP contribution >= 0.6 is 0 Å². The van der Waals surface area contributed by atoms with Crippen molar-refractivity contribution in [1.29, 1.82) is 0 Å². The van der Waals surface area contributed by atoms with Crippen LogP contribution in [0.15, 0.2) is 30.3 Å². The average Bonchev–Trinajstić information content (AvgIpc) is 3.22. The number of fused-ring (bicyclic) bond motifs is 2. The summed E-state index contributed by atoms with van der Waals surface area (Å²) in [6.45, 7) is 1.50. The van der Waals surface area contributed by atoms with E-state index in [1.54, 1.807) is 0 Å². The normalized spacial score (nSPS) is 38.2. The Balaban J connectivity index is 1.38. The molecule has 1 aromatic rings. The maximum Gasteiger partial charge on any atom is 0.224 e. The quantitative estimate of drug-likeness (QED) is 0.893. The molecule has 0 spiro atoms. The minimum Gasteiger partial charge on any atom is -0.373 e. The fourth-order valence-electron chi connectivity index (χ4n) is 5.14. The molecule has 4 nitrogen and oxygen atoms in total. The molecule has 4 heteroatoms. The summed E-state index contributed by atoms with van der Waals surface area (Å²) in [6, 6.07) is 10.4. The zero-order chi connectivity index (χ0) is 16.5. The van der Waals surface area contributed by atoms with Crippen LogP contribution in [-0.2, 0) is 9.53 Å². The summed E-state index contributed by atoms with van der Waals surface area (Å²) >= 11 is 0. The summed E-state index contributed by atoms with van der Waals surface area (Å²) in [6.07, 6.45) is 5.80. The van der Waals surface area contributed by atoms with E-state index < -0.39 is 0 Å². The molecule has 3 N–H and O–H groups in total. The van der Waals surface area contributed by atoms with Crippen LogP contribution in [0.3, 0.4) is 0 Å². The topological polar surface area (TPSA) is 64.4 Å². The molecule has 1 aromatic carbocycles. The molecule has 2 aliphatic carbocycles. The lowest BCUT2D eigenvalue weighted by Crippen LogP contribution is -2.47. The van der Waals surface area contributed by atoms with Gasteiger partial charge in [-0.25, -0.2) is 0 Å². The number of carbonyl (C=O) groups is 1. The predicted molar refractivity (Wildman–Crippen MR) is 93.2 cm³/mol. The van der Waals surface area contributed by atoms with Gasteiger partial charge in [0.05, 0.1) is 12.0 Å². The Kier molecular flexibility index (Phi) is 4.59. The van der Waals surface area contributed by atoms with E-state index in [0.717, 1.165) is 25.9 Å². The highest BCUT2D eigenvalue weighted by Gasteiger charge is 2.49. The molecule has 3 fully saturated rings. The van der Waals surface area contributed by atoms with Crippen LogP contribution in [0.5, 0.6) is 0 Å². The first-order valence-electron chi connectivity index (χ1n) is 9.44. The number of ether oxygens (including phenoxy) is 1. The molecule has 1 aliphatic heterocycles. The van der Waals surface area contributed by atoms with E-state index in [9.17, 15) is 4.79 Å². The van der Waals surface area contributed by atoms with Crippen LogP contribution in [0.4, 0.5) is 0 Å². The Morgan fingerprint density at radius 1 is 1.17 bits per heavy atom. The smallest absolute Gasteiger partial charge is 0.224 e. The highest BCUT2D eigenvalue weighted by Crippen LogP contribution is 2.47. The van der Waals surface area contributed by atoms with Gasteiger partial charge in [0, 0.05) is 25.1 Å². The van der Waals surface area contributed by atoms with Crippen LogP contribution in [-0.4, -0.2) is 25.1 Å². The molecule has 1 saturated heterocycles. The fourth-order valence-corrected chi connectivity index (χ4v) is 5.14. The van der Waals surface area contributed by atoms with E-state index in [1.807, 2.05) is 6.07 Å². The monoisotopic (exact) mass is 328 g/mol. The molecule has 6 atom stereocenters. The molecule has 130 valence electrons. The van der Waals surface area contributed by atoms with Crippen LogP contribution in [0, 0.1) is 23.7 Å². The molecule has 6 unspecified atom stereocenters. The molecule has 0 aromatic heterocycles. The van der Waals surface area contributed by atoms with Gasteiger partial charge in [-0.2, -0.15) is 0 Å². The van der Waals surface area contributed by atoms with Gasteiger partial charge >= 0.3 is 0 Å². The third-order valence-electron chi connectivity index (χ3n) is 6.39. The second kappa shape index (κ2) is 6.85. The van der Waals surface area contributed by atoms with Crippen molar-refractivity contribution < 1.29 is 9.53 Å². The third kappa shape index (κ3) is 2.98. The van der Waals surface area contributed by atoms with Crippen LogP contribution in [0.1, 0.15) is 43.8 Å². The molecule has 2 bridgehead atoms. The fraction of sp³-hybridized carbons (Fsp3) is 0.650. The number of hydrogen-bond acceptors (Lipinski definition) is 3. The van der Waals surface area contributed by atoms with Gasteiger partial charge in [-0.05, 0) is 49.5 Å².